The van der Waals surface area contributed by atoms with E-state index in [2.05, 4.69) is 54.0 Å². The van der Waals surface area contributed by atoms with Crippen LogP contribution in [-0.4, -0.2) is 0 Å². The highest BCUT2D eigenvalue weighted by Crippen LogP contribution is 2.25. The van der Waals surface area contributed by atoms with E-state index in [1.165, 1.54) is 24.8 Å². The molecule has 15 heavy (non-hydrogen) atoms. The van der Waals surface area contributed by atoms with Gasteiger partial charge in [-0.05, 0) is 31.0 Å². The van der Waals surface area contributed by atoms with Crippen LogP contribution in [0.1, 0.15) is 45.1 Å². The fourth-order valence-electron chi connectivity index (χ4n) is 1.72. The van der Waals surface area contributed by atoms with Gasteiger partial charge in [0.1, 0.15) is 0 Å². The minimum absolute atomic E-state index is 0.185. The van der Waals surface area contributed by atoms with Crippen molar-refractivity contribution in [2.45, 2.75) is 45.1 Å². The monoisotopic (exact) mass is 269 g/mol. The number of rotatable bonds is 5. The van der Waals surface area contributed by atoms with Gasteiger partial charge in [-0.15, -0.1) is 0 Å². The van der Waals surface area contributed by atoms with E-state index >= 15 is 0 Å². The SMILES string of the molecule is CCCCCC(C)(N)c1ccc(Br)cc1. The maximum absolute atomic E-state index is 6.31. The van der Waals surface area contributed by atoms with Crippen LogP contribution in [0, 0.1) is 0 Å². The Labute approximate surface area is 101 Å². The number of benzene rings is 1. The Kier molecular flexibility index (Phi) is 4.81. The van der Waals surface area contributed by atoms with Crippen molar-refractivity contribution in [3.8, 4) is 0 Å². The first-order valence-electron chi connectivity index (χ1n) is 5.61. The number of hydrogen-bond donors (Lipinski definition) is 1. The fraction of sp³-hybridized carbons (Fsp3) is 0.538. The van der Waals surface area contributed by atoms with E-state index in [0.29, 0.717) is 0 Å². The highest BCUT2D eigenvalue weighted by Gasteiger charge is 2.19. The summed E-state index contributed by atoms with van der Waals surface area (Å²) in [5, 5.41) is 0. The maximum atomic E-state index is 6.31. The molecule has 0 heterocycles. The van der Waals surface area contributed by atoms with Gasteiger partial charge < -0.3 is 5.73 Å². The molecule has 1 nitrogen and oxygen atoms in total. The van der Waals surface area contributed by atoms with Crippen LogP contribution >= 0.6 is 15.9 Å². The molecule has 0 aromatic heterocycles. The summed E-state index contributed by atoms with van der Waals surface area (Å²) in [6, 6.07) is 8.33. The zero-order valence-electron chi connectivity index (χ0n) is 9.59. The van der Waals surface area contributed by atoms with Gasteiger partial charge in [-0.25, -0.2) is 0 Å². The molecular weight excluding hydrogens is 250 g/mol. The van der Waals surface area contributed by atoms with Crippen molar-refractivity contribution in [2.75, 3.05) is 0 Å². The Hall–Kier alpha value is -0.340. The molecule has 0 amide bonds. The summed E-state index contributed by atoms with van der Waals surface area (Å²) in [6.07, 6.45) is 4.78. The van der Waals surface area contributed by atoms with Crippen LogP contribution in [0.15, 0.2) is 28.7 Å². The van der Waals surface area contributed by atoms with Crippen molar-refractivity contribution in [3.63, 3.8) is 0 Å². The predicted molar refractivity (Wildman–Crippen MR) is 69.8 cm³/mol. The summed E-state index contributed by atoms with van der Waals surface area (Å²) < 4.78 is 1.11. The molecule has 2 heteroatoms. The van der Waals surface area contributed by atoms with Gasteiger partial charge in [0, 0.05) is 10.0 Å². The number of nitrogens with two attached hydrogens (primary N) is 1. The van der Waals surface area contributed by atoms with Gasteiger partial charge in [0.25, 0.3) is 0 Å². The summed E-state index contributed by atoms with van der Waals surface area (Å²) in [5.41, 5.74) is 7.35. The molecule has 84 valence electrons. The summed E-state index contributed by atoms with van der Waals surface area (Å²) in [6.45, 7) is 4.33. The van der Waals surface area contributed by atoms with Crippen molar-refractivity contribution in [3.05, 3.63) is 34.3 Å². The Morgan fingerprint density at radius 3 is 2.33 bits per heavy atom. The van der Waals surface area contributed by atoms with E-state index in [-0.39, 0.29) is 5.54 Å². The Bertz CT molecular complexity index is 290. The summed E-state index contributed by atoms with van der Waals surface area (Å²) >= 11 is 3.44. The zero-order valence-corrected chi connectivity index (χ0v) is 11.2. The average molecular weight is 270 g/mol. The van der Waals surface area contributed by atoms with Crippen LogP contribution in [0.4, 0.5) is 0 Å². The third-order valence-electron chi connectivity index (χ3n) is 2.80. The van der Waals surface area contributed by atoms with Gasteiger partial charge in [0.15, 0.2) is 0 Å². The topological polar surface area (TPSA) is 26.0 Å². The second-order valence-electron chi connectivity index (χ2n) is 4.38. The Balaban J connectivity index is 2.63. The van der Waals surface area contributed by atoms with Gasteiger partial charge in [-0.1, -0.05) is 54.2 Å². The highest BCUT2D eigenvalue weighted by atomic mass is 79.9. The average Bonchev–Trinajstić information content (AvgIpc) is 2.18. The lowest BCUT2D eigenvalue weighted by atomic mass is 9.88. The van der Waals surface area contributed by atoms with Crippen molar-refractivity contribution < 1.29 is 0 Å². The first-order chi connectivity index (χ1) is 7.06. The van der Waals surface area contributed by atoms with Crippen LogP contribution < -0.4 is 5.73 Å². The van der Waals surface area contributed by atoms with Gasteiger partial charge >= 0.3 is 0 Å². The second kappa shape index (κ2) is 5.66. The molecule has 0 fully saturated rings. The lowest BCUT2D eigenvalue weighted by Gasteiger charge is -2.25. The molecule has 1 unspecified atom stereocenters. The highest BCUT2D eigenvalue weighted by molar-refractivity contribution is 9.10. The minimum atomic E-state index is -0.185. The quantitative estimate of drug-likeness (QED) is 0.797. The van der Waals surface area contributed by atoms with Gasteiger partial charge in [0.05, 0.1) is 0 Å². The standard InChI is InChI=1S/C13H20BrN/c1-3-4-5-10-13(2,15)11-6-8-12(14)9-7-11/h6-9H,3-5,10,15H2,1-2H3. The molecular formula is C13H20BrN. The molecule has 0 saturated heterocycles. The largest absolute Gasteiger partial charge is 0.322 e. The van der Waals surface area contributed by atoms with Gasteiger partial charge in [0.2, 0.25) is 0 Å². The molecule has 0 aliphatic heterocycles. The van der Waals surface area contributed by atoms with Crippen molar-refractivity contribution in [2.24, 2.45) is 5.73 Å². The van der Waals surface area contributed by atoms with Crippen molar-refractivity contribution >= 4 is 15.9 Å². The predicted octanol–water partition coefficient (Wildman–Crippen LogP) is 4.20. The molecule has 2 N–H and O–H groups in total. The Morgan fingerprint density at radius 2 is 1.80 bits per heavy atom. The minimum Gasteiger partial charge on any atom is -0.322 e. The van der Waals surface area contributed by atoms with E-state index in [1.54, 1.807) is 0 Å². The van der Waals surface area contributed by atoms with Gasteiger partial charge in [-0.2, -0.15) is 0 Å². The maximum Gasteiger partial charge on any atom is 0.0381 e. The zero-order chi connectivity index (χ0) is 11.3. The second-order valence-corrected chi connectivity index (χ2v) is 5.30. The van der Waals surface area contributed by atoms with Crippen LogP contribution in [0.25, 0.3) is 0 Å². The van der Waals surface area contributed by atoms with E-state index in [1.807, 2.05) is 0 Å². The van der Waals surface area contributed by atoms with Gasteiger partial charge in [-0.3, -0.25) is 0 Å². The molecule has 0 aliphatic rings. The molecule has 0 spiro atoms. The third-order valence-corrected chi connectivity index (χ3v) is 3.33. The molecule has 0 saturated carbocycles. The van der Waals surface area contributed by atoms with E-state index in [0.717, 1.165) is 10.9 Å². The molecule has 0 radical (unpaired) electrons. The normalized spacial score (nSPS) is 14.9. The molecule has 0 bridgehead atoms. The molecule has 1 rings (SSSR count). The molecule has 1 aromatic rings. The van der Waals surface area contributed by atoms with E-state index < -0.39 is 0 Å². The third kappa shape index (κ3) is 3.96. The lowest BCUT2D eigenvalue weighted by molar-refractivity contribution is 0.427. The molecule has 1 aromatic carbocycles. The summed E-state index contributed by atoms with van der Waals surface area (Å²) in [5.74, 6) is 0. The Morgan fingerprint density at radius 1 is 1.20 bits per heavy atom. The first-order valence-corrected chi connectivity index (χ1v) is 6.40. The van der Waals surface area contributed by atoms with Crippen LogP contribution in [0.2, 0.25) is 0 Å². The molecule has 0 aliphatic carbocycles. The van der Waals surface area contributed by atoms with Crippen LogP contribution in [0.5, 0.6) is 0 Å². The van der Waals surface area contributed by atoms with Crippen LogP contribution in [-0.2, 0) is 5.54 Å². The summed E-state index contributed by atoms with van der Waals surface area (Å²) in [4.78, 5) is 0. The van der Waals surface area contributed by atoms with Crippen molar-refractivity contribution in [1.82, 2.24) is 0 Å². The first kappa shape index (κ1) is 12.7. The van der Waals surface area contributed by atoms with Crippen LogP contribution in [0.3, 0.4) is 0 Å². The number of unbranched alkanes of at least 4 members (excludes halogenated alkanes) is 2. The number of halogens is 1. The smallest absolute Gasteiger partial charge is 0.0381 e. The summed E-state index contributed by atoms with van der Waals surface area (Å²) in [7, 11) is 0. The molecule has 1 atom stereocenters. The van der Waals surface area contributed by atoms with Crippen molar-refractivity contribution in [1.29, 1.82) is 0 Å². The number of hydrogen-bond acceptors (Lipinski definition) is 1. The lowest BCUT2D eigenvalue weighted by Crippen LogP contribution is -2.32. The van der Waals surface area contributed by atoms with E-state index in [9.17, 15) is 0 Å². The van der Waals surface area contributed by atoms with E-state index in [4.69, 9.17) is 5.73 Å². The fourth-order valence-corrected chi connectivity index (χ4v) is 1.98.